The molecule has 0 radical (unpaired) electrons. The molecular weight excluding hydrogens is 186 g/mol. The normalized spacial score (nSPS) is 11.2. The highest BCUT2D eigenvalue weighted by atomic mass is 16.3. The molecule has 0 amide bonds. The van der Waals surface area contributed by atoms with Crippen LogP contribution in [0.5, 0.6) is 0 Å². The van der Waals surface area contributed by atoms with Gasteiger partial charge in [0.15, 0.2) is 0 Å². The van der Waals surface area contributed by atoms with Crippen LogP contribution < -0.4 is 5.73 Å². The molecule has 15 heavy (non-hydrogen) atoms. The van der Waals surface area contributed by atoms with E-state index in [1.165, 1.54) is 27.6 Å². The van der Waals surface area contributed by atoms with Crippen molar-refractivity contribution in [3.05, 3.63) is 34.6 Å². The van der Waals surface area contributed by atoms with E-state index in [0.717, 1.165) is 12.0 Å². The van der Waals surface area contributed by atoms with Crippen LogP contribution in [0.2, 0.25) is 0 Å². The van der Waals surface area contributed by atoms with E-state index in [0.29, 0.717) is 6.54 Å². The van der Waals surface area contributed by atoms with E-state index in [1.54, 1.807) is 0 Å². The predicted molar refractivity (Wildman–Crippen MR) is 63.2 cm³/mol. The first-order valence-corrected chi connectivity index (χ1v) is 5.32. The quantitative estimate of drug-likeness (QED) is 0.815. The minimum atomic E-state index is 0.668. The summed E-state index contributed by atoms with van der Waals surface area (Å²) in [4.78, 5) is 0. The molecule has 2 N–H and O–H groups in total. The summed E-state index contributed by atoms with van der Waals surface area (Å²) in [7, 11) is 0. The summed E-state index contributed by atoms with van der Waals surface area (Å²) in [5, 5.41) is 1.25. The van der Waals surface area contributed by atoms with Crippen LogP contribution in [-0.4, -0.2) is 6.54 Å². The largest absolute Gasteiger partial charge is 0.464 e. The van der Waals surface area contributed by atoms with Gasteiger partial charge in [-0.3, -0.25) is 0 Å². The monoisotopic (exact) mass is 203 g/mol. The average molecular weight is 203 g/mol. The second-order valence-electron chi connectivity index (χ2n) is 4.14. The van der Waals surface area contributed by atoms with Crippen molar-refractivity contribution in [2.24, 2.45) is 5.73 Å². The Morgan fingerprint density at radius 3 is 2.60 bits per heavy atom. The van der Waals surface area contributed by atoms with Crippen molar-refractivity contribution in [1.29, 1.82) is 0 Å². The number of fused-ring (bicyclic) bond motifs is 1. The van der Waals surface area contributed by atoms with Crippen LogP contribution in [0.25, 0.3) is 11.0 Å². The van der Waals surface area contributed by atoms with Gasteiger partial charge in [-0.25, -0.2) is 0 Å². The Kier molecular flexibility index (Phi) is 2.53. The van der Waals surface area contributed by atoms with Crippen LogP contribution in [0.4, 0.5) is 0 Å². The predicted octanol–water partition coefficient (Wildman–Crippen LogP) is 2.86. The highest BCUT2D eigenvalue weighted by molar-refractivity contribution is 5.88. The first-order valence-electron chi connectivity index (χ1n) is 5.32. The van der Waals surface area contributed by atoms with Gasteiger partial charge in [0.25, 0.3) is 0 Å². The lowest BCUT2D eigenvalue weighted by Crippen LogP contribution is -2.02. The lowest BCUT2D eigenvalue weighted by atomic mass is 9.99. The van der Waals surface area contributed by atoms with Crippen LogP contribution >= 0.6 is 0 Å². The molecule has 2 aromatic rings. The van der Waals surface area contributed by atoms with Crippen LogP contribution in [0, 0.1) is 20.8 Å². The van der Waals surface area contributed by atoms with Crippen molar-refractivity contribution < 1.29 is 4.42 Å². The third kappa shape index (κ3) is 1.55. The Hall–Kier alpha value is -1.28. The summed E-state index contributed by atoms with van der Waals surface area (Å²) in [6, 6.07) is 2.22. The number of furan rings is 1. The van der Waals surface area contributed by atoms with Gasteiger partial charge >= 0.3 is 0 Å². The molecule has 1 heterocycles. The highest BCUT2D eigenvalue weighted by Gasteiger charge is 2.11. The lowest BCUT2D eigenvalue weighted by Gasteiger charge is -2.05. The highest BCUT2D eigenvalue weighted by Crippen LogP contribution is 2.29. The van der Waals surface area contributed by atoms with Gasteiger partial charge in [-0.1, -0.05) is 6.07 Å². The van der Waals surface area contributed by atoms with E-state index < -0.39 is 0 Å². The maximum Gasteiger partial charge on any atom is 0.137 e. The summed E-state index contributed by atoms with van der Waals surface area (Å²) < 4.78 is 5.64. The number of nitrogens with two attached hydrogens (primary N) is 1. The molecule has 0 aliphatic heterocycles. The zero-order valence-corrected chi connectivity index (χ0v) is 9.55. The fraction of sp³-hybridized carbons (Fsp3) is 0.385. The molecule has 2 nitrogen and oxygen atoms in total. The molecule has 0 unspecified atom stereocenters. The molecule has 0 bridgehead atoms. The van der Waals surface area contributed by atoms with Gasteiger partial charge in [0, 0.05) is 5.39 Å². The van der Waals surface area contributed by atoms with E-state index >= 15 is 0 Å². The summed E-state index contributed by atoms with van der Waals surface area (Å²) in [6.45, 7) is 7.02. The second-order valence-corrected chi connectivity index (χ2v) is 4.14. The van der Waals surface area contributed by atoms with Crippen LogP contribution in [0.15, 0.2) is 16.7 Å². The van der Waals surface area contributed by atoms with E-state index in [9.17, 15) is 0 Å². The Morgan fingerprint density at radius 1 is 1.20 bits per heavy atom. The molecule has 1 aromatic carbocycles. The van der Waals surface area contributed by atoms with Crippen molar-refractivity contribution >= 4 is 11.0 Å². The molecule has 0 aliphatic carbocycles. The molecule has 0 saturated carbocycles. The molecule has 2 rings (SSSR count). The molecule has 0 saturated heterocycles. The Labute approximate surface area is 90.1 Å². The van der Waals surface area contributed by atoms with Gasteiger partial charge < -0.3 is 10.2 Å². The number of benzene rings is 1. The number of hydrogen-bond acceptors (Lipinski definition) is 2. The van der Waals surface area contributed by atoms with Crippen LogP contribution in [0.1, 0.15) is 22.3 Å². The Morgan fingerprint density at radius 2 is 1.93 bits per heavy atom. The fourth-order valence-electron chi connectivity index (χ4n) is 2.13. The minimum absolute atomic E-state index is 0.668. The SMILES string of the molecule is Cc1cc(C)c2c(CCN)coc2c1C. The molecule has 0 fully saturated rings. The first kappa shape index (κ1) is 10.2. The topological polar surface area (TPSA) is 39.2 Å². The number of hydrogen-bond donors (Lipinski definition) is 1. The van der Waals surface area contributed by atoms with E-state index in [2.05, 4.69) is 26.8 Å². The van der Waals surface area contributed by atoms with Gasteiger partial charge in [0.05, 0.1) is 6.26 Å². The molecule has 0 spiro atoms. The van der Waals surface area contributed by atoms with Gasteiger partial charge in [-0.15, -0.1) is 0 Å². The number of aryl methyl sites for hydroxylation is 3. The van der Waals surface area contributed by atoms with Crippen LogP contribution in [0.3, 0.4) is 0 Å². The Bertz CT molecular complexity index is 497. The maximum absolute atomic E-state index is 5.64. The molecule has 2 heteroatoms. The third-order valence-electron chi connectivity index (χ3n) is 3.04. The Balaban J connectivity index is 2.75. The lowest BCUT2D eigenvalue weighted by molar-refractivity contribution is 0.607. The summed E-state index contributed by atoms with van der Waals surface area (Å²) >= 11 is 0. The summed E-state index contributed by atoms with van der Waals surface area (Å²) in [6.07, 6.45) is 2.73. The third-order valence-corrected chi connectivity index (χ3v) is 3.04. The van der Waals surface area contributed by atoms with Crippen molar-refractivity contribution in [2.45, 2.75) is 27.2 Å². The van der Waals surface area contributed by atoms with Crippen LogP contribution in [-0.2, 0) is 6.42 Å². The average Bonchev–Trinajstić information content (AvgIpc) is 2.59. The number of rotatable bonds is 2. The summed E-state index contributed by atoms with van der Waals surface area (Å²) in [5.41, 5.74) is 11.6. The molecule has 0 aliphatic rings. The maximum atomic E-state index is 5.64. The van der Waals surface area contributed by atoms with Crippen molar-refractivity contribution in [3.8, 4) is 0 Å². The summed E-state index contributed by atoms with van der Waals surface area (Å²) in [5.74, 6) is 0. The van der Waals surface area contributed by atoms with E-state index in [-0.39, 0.29) is 0 Å². The van der Waals surface area contributed by atoms with Crippen molar-refractivity contribution in [3.63, 3.8) is 0 Å². The standard InChI is InChI=1S/C13H17NO/c1-8-6-9(2)12-11(4-5-14)7-15-13(12)10(8)3/h6-7H,4-5,14H2,1-3H3. The first-order chi connectivity index (χ1) is 7.15. The molecule has 1 aromatic heterocycles. The molecule has 0 atom stereocenters. The van der Waals surface area contributed by atoms with E-state index in [4.69, 9.17) is 10.2 Å². The van der Waals surface area contributed by atoms with Crippen molar-refractivity contribution in [1.82, 2.24) is 0 Å². The smallest absolute Gasteiger partial charge is 0.137 e. The van der Waals surface area contributed by atoms with Crippen molar-refractivity contribution in [2.75, 3.05) is 6.54 Å². The zero-order valence-electron chi connectivity index (χ0n) is 9.55. The van der Waals surface area contributed by atoms with E-state index in [1.807, 2.05) is 6.26 Å². The van der Waals surface area contributed by atoms with Gasteiger partial charge in [-0.2, -0.15) is 0 Å². The zero-order chi connectivity index (χ0) is 11.0. The second kappa shape index (κ2) is 3.70. The van der Waals surface area contributed by atoms with Gasteiger partial charge in [-0.05, 0) is 56.0 Å². The fourth-order valence-corrected chi connectivity index (χ4v) is 2.13. The molecule has 80 valence electrons. The van der Waals surface area contributed by atoms with Gasteiger partial charge in [0.1, 0.15) is 5.58 Å². The van der Waals surface area contributed by atoms with Gasteiger partial charge in [0.2, 0.25) is 0 Å². The minimum Gasteiger partial charge on any atom is -0.464 e. The molecular formula is C13H17NO.